The van der Waals surface area contributed by atoms with Crippen molar-refractivity contribution < 1.29 is 0 Å². The number of aryl methyl sites for hydroxylation is 1. The molecule has 6 aromatic carbocycles. The van der Waals surface area contributed by atoms with Crippen molar-refractivity contribution >= 4 is 66.5 Å². The highest BCUT2D eigenvalue weighted by atomic mass is 15.3. The third-order valence-electron chi connectivity index (χ3n) is 9.03. The monoisotopic (exact) mass is 578 g/mol. The number of hydrogen-bond acceptors (Lipinski definition) is 2. The molecule has 0 atom stereocenters. The van der Waals surface area contributed by atoms with E-state index in [9.17, 15) is 0 Å². The van der Waals surface area contributed by atoms with Crippen molar-refractivity contribution in [2.75, 3.05) is 0 Å². The molecule has 0 saturated heterocycles. The Morgan fingerprint density at radius 1 is 0.400 bits per heavy atom. The maximum atomic E-state index is 5.28. The number of imidazole rings is 2. The van der Waals surface area contributed by atoms with Crippen LogP contribution in [0, 0.1) is 6.92 Å². The minimum absolute atomic E-state index is 0.806. The molecule has 4 heterocycles. The number of hydrogen-bond donors (Lipinski definition) is 0. The number of fused-ring (bicyclic) bond motifs is 12. The SMILES string of the molecule is Cc1ccc2c(c1)c1cc(-n3c4nc5ccccc5n4c4ccccc4n4c5ccccc5nc34)ccc1n2-c1ccccc1. The molecule has 0 amide bonds. The summed E-state index contributed by atoms with van der Waals surface area (Å²) in [5.74, 6) is 1.61. The minimum atomic E-state index is 0.806. The van der Waals surface area contributed by atoms with Crippen molar-refractivity contribution in [2.24, 2.45) is 0 Å². The average Bonchev–Trinajstić information content (AvgIpc) is 3.73. The van der Waals surface area contributed by atoms with Gasteiger partial charge in [0.05, 0.1) is 49.8 Å². The molecule has 212 valence electrons. The van der Waals surface area contributed by atoms with E-state index in [0.29, 0.717) is 0 Å². The van der Waals surface area contributed by atoms with Crippen molar-refractivity contribution in [3.63, 3.8) is 0 Å². The standard InChI is InChI=1S/C39H26N6/c1-25-19-21-32-28(23-25)29-24-27(20-22-33(29)42(32)26-11-3-2-4-12-26)43-38-40-30-13-5-7-15-34(30)44(38)36-17-9-10-18-37(36)45-35-16-8-6-14-31(35)41-39(43)45/h2-24H,1H3. The van der Waals surface area contributed by atoms with Crippen LogP contribution in [0.5, 0.6) is 0 Å². The Labute approximate surface area is 257 Å². The molecule has 0 radical (unpaired) electrons. The molecule has 4 aromatic heterocycles. The number of benzene rings is 6. The molecular weight excluding hydrogens is 552 g/mol. The van der Waals surface area contributed by atoms with Crippen LogP contribution in [-0.4, -0.2) is 27.9 Å². The zero-order valence-corrected chi connectivity index (χ0v) is 24.5. The molecule has 6 heteroatoms. The first kappa shape index (κ1) is 24.3. The smallest absolute Gasteiger partial charge is 0.223 e. The lowest BCUT2D eigenvalue weighted by molar-refractivity contribution is 1.03. The molecule has 0 unspecified atom stereocenters. The highest BCUT2D eigenvalue weighted by Gasteiger charge is 2.20. The van der Waals surface area contributed by atoms with Gasteiger partial charge < -0.3 is 4.57 Å². The largest absolute Gasteiger partial charge is 0.309 e. The molecular formula is C39H26N6. The van der Waals surface area contributed by atoms with E-state index < -0.39 is 0 Å². The predicted octanol–water partition coefficient (Wildman–Crippen LogP) is 9.20. The fourth-order valence-corrected chi connectivity index (χ4v) is 7.08. The van der Waals surface area contributed by atoms with Gasteiger partial charge in [0.2, 0.25) is 11.6 Å². The van der Waals surface area contributed by atoms with E-state index in [0.717, 1.165) is 61.5 Å². The molecule has 0 fully saturated rings. The summed E-state index contributed by atoms with van der Waals surface area (Å²) >= 11 is 0. The highest BCUT2D eigenvalue weighted by molar-refractivity contribution is 6.10. The van der Waals surface area contributed by atoms with Crippen LogP contribution in [-0.2, 0) is 0 Å². The number of para-hydroxylation sites is 7. The topological polar surface area (TPSA) is 44.5 Å². The van der Waals surface area contributed by atoms with Crippen molar-refractivity contribution in [1.82, 2.24) is 27.9 Å². The van der Waals surface area contributed by atoms with Gasteiger partial charge in [-0.05, 0) is 85.8 Å². The van der Waals surface area contributed by atoms with Gasteiger partial charge in [0.1, 0.15) is 0 Å². The molecule has 45 heavy (non-hydrogen) atoms. The zero-order valence-electron chi connectivity index (χ0n) is 24.5. The Kier molecular flexibility index (Phi) is 4.83. The molecule has 0 saturated carbocycles. The molecule has 0 spiro atoms. The van der Waals surface area contributed by atoms with Crippen LogP contribution in [0.3, 0.4) is 0 Å². The molecule has 0 bridgehead atoms. The van der Waals surface area contributed by atoms with E-state index in [1.54, 1.807) is 0 Å². The van der Waals surface area contributed by atoms with Gasteiger partial charge >= 0.3 is 0 Å². The zero-order chi connectivity index (χ0) is 29.6. The van der Waals surface area contributed by atoms with E-state index in [-0.39, 0.29) is 0 Å². The maximum Gasteiger partial charge on any atom is 0.223 e. The fourth-order valence-electron chi connectivity index (χ4n) is 7.08. The molecule has 10 rings (SSSR count). The number of nitrogens with zero attached hydrogens (tertiary/aromatic N) is 6. The van der Waals surface area contributed by atoms with Crippen LogP contribution in [0.1, 0.15) is 5.56 Å². The van der Waals surface area contributed by atoms with Gasteiger partial charge in [0, 0.05) is 16.5 Å². The van der Waals surface area contributed by atoms with E-state index in [4.69, 9.17) is 9.97 Å². The van der Waals surface area contributed by atoms with Gasteiger partial charge in [0.25, 0.3) is 0 Å². The lowest BCUT2D eigenvalue weighted by Crippen LogP contribution is -2.02. The van der Waals surface area contributed by atoms with E-state index in [1.165, 1.54) is 21.9 Å². The molecule has 0 N–H and O–H groups in total. The van der Waals surface area contributed by atoms with Gasteiger partial charge in [-0.2, -0.15) is 0 Å². The van der Waals surface area contributed by atoms with Gasteiger partial charge in [-0.1, -0.05) is 66.2 Å². The van der Waals surface area contributed by atoms with Gasteiger partial charge in [-0.15, -0.1) is 0 Å². The third kappa shape index (κ3) is 3.33. The van der Waals surface area contributed by atoms with Gasteiger partial charge in [0.15, 0.2) is 0 Å². The number of rotatable bonds is 2. The second-order valence-corrected chi connectivity index (χ2v) is 11.7. The van der Waals surface area contributed by atoms with Crippen LogP contribution < -0.4 is 0 Å². The van der Waals surface area contributed by atoms with E-state index in [2.05, 4.69) is 152 Å². The lowest BCUT2D eigenvalue weighted by Gasteiger charge is -2.10. The molecule has 6 nitrogen and oxygen atoms in total. The predicted molar refractivity (Wildman–Crippen MR) is 184 cm³/mol. The highest BCUT2D eigenvalue weighted by Crippen LogP contribution is 2.36. The van der Waals surface area contributed by atoms with Crippen molar-refractivity contribution in [1.29, 1.82) is 0 Å². The normalized spacial score (nSPS) is 12.1. The average molecular weight is 579 g/mol. The van der Waals surface area contributed by atoms with E-state index in [1.807, 2.05) is 12.1 Å². The van der Waals surface area contributed by atoms with Crippen LogP contribution in [0.25, 0.3) is 77.8 Å². The summed E-state index contributed by atoms with van der Waals surface area (Å²) in [5.41, 5.74) is 11.8. The maximum absolute atomic E-state index is 5.28. The Hall–Kier alpha value is -6.14. The summed E-state index contributed by atoms with van der Waals surface area (Å²) in [7, 11) is 0. The summed E-state index contributed by atoms with van der Waals surface area (Å²) in [5, 5.41) is 2.40. The fraction of sp³-hybridized carbons (Fsp3) is 0.0256. The quantitative estimate of drug-likeness (QED) is 0.205. The summed E-state index contributed by atoms with van der Waals surface area (Å²) in [4.78, 5) is 10.6. The Morgan fingerprint density at radius 3 is 1.53 bits per heavy atom. The second kappa shape index (κ2) is 8.94. The number of aromatic nitrogens is 6. The van der Waals surface area contributed by atoms with Crippen LogP contribution in [0.4, 0.5) is 0 Å². The Bertz CT molecular complexity index is 2710. The minimum Gasteiger partial charge on any atom is -0.309 e. The van der Waals surface area contributed by atoms with Crippen molar-refractivity contribution in [2.45, 2.75) is 6.92 Å². The molecule has 0 aliphatic rings. The lowest BCUT2D eigenvalue weighted by atomic mass is 10.1. The van der Waals surface area contributed by atoms with Gasteiger partial charge in [-0.25, -0.2) is 14.5 Å². The summed E-state index contributed by atoms with van der Waals surface area (Å²) in [6, 6.07) is 49.3. The van der Waals surface area contributed by atoms with Crippen LogP contribution >= 0.6 is 0 Å². The van der Waals surface area contributed by atoms with Crippen molar-refractivity contribution in [3.8, 4) is 11.4 Å². The Balaban J connectivity index is 1.43. The molecule has 10 aromatic rings. The van der Waals surface area contributed by atoms with Gasteiger partial charge in [-0.3, -0.25) is 8.80 Å². The second-order valence-electron chi connectivity index (χ2n) is 11.7. The first-order chi connectivity index (χ1) is 22.2. The first-order valence-corrected chi connectivity index (χ1v) is 15.2. The Morgan fingerprint density at radius 2 is 0.911 bits per heavy atom. The first-order valence-electron chi connectivity index (χ1n) is 15.2. The van der Waals surface area contributed by atoms with Crippen LogP contribution in [0.2, 0.25) is 0 Å². The molecule has 0 aliphatic heterocycles. The van der Waals surface area contributed by atoms with E-state index >= 15 is 0 Å². The van der Waals surface area contributed by atoms with Crippen molar-refractivity contribution in [3.05, 3.63) is 145 Å². The molecule has 0 aliphatic carbocycles. The van der Waals surface area contributed by atoms with Crippen LogP contribution in [0.15, 0.2) is 140 Å². The third-order valence-corrected chi connectivity index (χ3v) is 9.03. The summed E-state index contributed by atoms with van der Waals surface area (Å²) in [6.45, 7) is 2.16. The summed E-state index contributed by atoms with van der Waals surface area (Å²) in [6.07, 6.45) is 0. The summed E-state index contributed by atoms with van der Waals surface area (Å²) < 4.78 is 9.13.